The number of benzene rings is 2. The van der Waals surface area contributed by atoms with E-state index in [9.17, 15) is 26.7 Å². The van der Waals surface area contributed by atoms with Crippen molar-refractivity contribution >= 4 is 27.3 Å². The summed E-state index contributed by atoms with van der Waals surface area (Å²) in [7, 11) is -3.44. The molecule has 2 heterocycles. The van der Waals surface area contributed by atoms with Gasteiger partial charge in [0.15, 0.2) is 9.84 Å². The maximum atomic E-state index is 12.9. The van der Waals surface area contributed by atoms with Gasteiger partial charge in [-0.2, -0.15) is 13.2 Å². The molecule has 4 rings (SSSR count). The highest BCUT2D eigenvalue weighted by atomic mass is 32.2. The Balaban J connectivity index is 1.66. The van der Waals surface area contributed by atoms with Gasteiger partial charge in [0.25, 0.3) is 11.8 Å². The summed E-state index contributed by atoms with van der Waals surface area (Å²) in [5.74, 6) is -3.39. The monoisotopic (exact) mass is 536 g/mol. The molecule has 0 saturated heterocycles. The first kappa shape index (κ1) is 26.3. The molecule has 10 nitrogen and oxygen atoms in total. The largest absolute Gasteiger partial charge is 0.470 e. The first-order valence-electron chi connectivity index (χ1n) is 10.9. The fourth-order valence-electron chi connectivity index (χ4n) is 3.70. The van der Waals surface area contributed by atoms with E-state index >= 15 is 0 Å². The Kier molecular flexibility index (Phi) is 7.08. The van der Waals surface area contributed by atoms with Gasteiger partial charge in [0.05, 0.1) is 23.1 Å². The predicted molar refractivity (Wildman–Crippen MR) is 129 cm³/mol. The van der Waals surface area contributed by atoms with Crippen LogP contribution in [0.3, 0.4) is 0 Å². The molecule has 0 aliphatic carbocycles. The van der Waals surface area contributed by atoms with Gasteiger partial charge in [0, 0.05) is 24.4 Å². The van der Waals surface area contributed by atoms with Gasteiger partial charge in [-0.15, -0.1) is 10.2 Å². The second-order valence-electron chi connectivity index (χ2n) is 8.29. The molecule has 1 aliphatic rings. The minimum atomic E-state index is -4.79. The number of aromatic nitrogens is 2. The van der Waals surface area contributed by atoms with E-state index in [1.165, 1.54) is 18.5 Å². The van der Waals surface area contributed by atoms with E-state index in [-0.39, 0.29) is 17.1 Å². The fourth-order valence-corrected chi connectivity index (χ4v) is 4.66. The minimum absolute atomic E-state index is 0.0890. The van der Waals surface area contributed by atoms with Crippen LogP contribution >= 0.6 is 0 Å². The van der Waals surface area contributed by atoms with Gasteiger partial charge in [-0.3, -0.25) is 0 Å². The average Bonchev–Trinajstić information content (AvgIpc) is 3.34. The topological polar surface area (TPSA) is 142 Å². The molecule has 2 atom stereocenters. The van der Waals surface area contributed by atoms with Crippen LogP contribution in [0.5, 0.6) is 0 Å². The second kappa shape index (κ2) is 9.95. The molecule has 1 aromatic heterocycles. The smallest absolute Gasteiger partial charge is 0.413 e. The minimum Gasteiger partial charge on any atom is -0.413 e. The summed E-state index contributed by atoms with van der Waals surface area (Å²) < 4.78 is 67.3. The number of anilines is 1. The van der Waals surface area contributed by atoms with E-state index in [2.05, 4.69) is 31.1 Å². The Labute approximate surface area is 210 Å². The Morgan fingerprint density at radius 3 is 2.43 bits per heavy atom. The number of alkyl halides is 3. The molecule has 196 valence electrons. The van der Waals surface area contributed by atoms with E-state index in [0.29, 0.717) is 11.3 Å². The van der Waals surface area contributed by atoms with Gasteiger partial charge in [0.2, 0.25) is 0 Å². The van der Waals surface area contributed by atoms with Crippen molar-refractivity contribution in [1.82, 2.24) is 20.8 Å². The highest BCUT2D eigenvalue weighted by Crippen LogP contribution is 2.30. The summed E-state index contributed by atoms with van der Waals surface area (Å²) in [6.45, 7) is 1.33. The van der Waals surface area contributed by atoms with E-state index in [1.54, 1.807) is 43.3 Å². The number of aliphatic imine (C=N–C) groups is 1. The number of hydrogen-bond acceptors (Lipinski definition) is 10. The van der Waals surface area contributed by atoms with Crippen molar-refractivity contribution in [2.24, 2.45) is 4.99 Å². The number of aliphatic hydroxyl groups is 1. The van der Waals surface area contributed by atoms with Crippen molar-refractivity contribution in [2.45, 2.75) is 29.9 Å². The summed E-state index contributed by atoms with van der Waals surface area (Å²) in [6, 6.07) is 13.0. The molecule has 0 radical (unpaired) electrons. The van der Waals surface area contributed by atoms with Crippen LogP contribution < -0.4 is 16.0 Å². The van der Waals surface area contributed by atoms with E-state index < -0.39 is 39.7 Å². The third-order valence-corrected chi connectivity index (χ3v) is 6.67. The van der Waals surface area contributed by atoms with Crippen LogP contribution in [0, 0.1) is 6.92 Å². The van der Waals surface area contributed by atoms with Gasteiger partial charge in [-0.1, -0.05) is 30.3 Å². The molecule has 14 heteroatoms. The van der Waals surface area contributed by atoms with Crippen molar-refractivity contribution < 1.29 is 31.1 Å². The number of sulfone groups is 1. The molecular formula is C23H23F3N6O4S. The van der Waals surface area contributed by atoms with Crippen LogP contribution in [0.25, 0.3) is 5.57 Å². The van der Waals surface area contributed by atoms with Crippen molar-refractivity contribution in [3.63, 3.8) is 0 Å². The fraction of sp³-hybridized carbons (Fsp3) is 0.261. The third-order valence-electron chi connectivity index (χ3n) is 5.42. The lowest BCUT2D eigenvalue weighted by molar-refractivity contribution is -0.157. The SMILES string of the molecule is Cc1cc(NC2(N[C@H](CO)c3ccccc3)N=CC(c3nnc(C(F)(F)F)o3)=CN2)ccc1S(C)(=O)=O. The molecule has 0 spiro atoms. The zero-order valence-electron chi connectivity index (χ0n) is 19.6. The molecule has 37 heavy (non-hydrogen) atoms. The van der Waals surface area contributed by atoms with Crippen molar-refractivity contribution in [2.75, 3.05) is 18.2 Å². The van der Waals surface area contributed by atoms with Crippen LogP contribution in [0.4, 0.5) is 18.9 Å². The van der Waals surface area contributed by atoms with E-state index in [1.807, 2.05) is 6.07 Å². The summed E-state index contributed by atoms with van der Waals surface area (Å²) in [6.07, 6.45) is -1.12. The number of allylic oxidation sites excluding steroid dienone is 1. The average molecular weight is 537 g/mol. The lowest BCUT2D eigenvalue weighted by atomic mass is 10.1. The number of aliphatic hydroxyl groups excluding tert-OH is 1. The molecule has 1 aliphatic heterocycles. The molecule has 1 unspecified atom stereocenters. The standard InChI is InChI=1S/C23H23F3N6O4S/c1-14-10-17(8-9-19(14)37(2,34)35)29-23(30-18(13-33)15-6-4-3-5-7-15)27-11-16(12-28-23)20-31-32-21(36-20)22(24,25)26/h3-12,18,27,29-30,33H,13H2,1-2H3/t18-,23?/m1/s1. The van der Waals surface area contributed by atoms with Crippen LogP contribution in [-0.2, 0) is 16.0 Å². The van der Waals surface area contributed by atoms with Crippen molar-refractivity contribution in [1.29, 1.82) is 0 Å². The number of aryl methyl sites for hydroxylation is 1. The summed E-state index contributed by atoms with van der Waals surface area (Å²) in [4.78, 5) is 4.60. The number of rotatable bonds is 8. The number of nitrogens with zero attached hydrogens (tertiary/aromatic N) is 3. The molecule has 2 aromatic carbocycles. The van der Waals surface area contributed by atoms with E-state index in [0.717, 1.165) is 11.8 Å². The zero-order valence-corrected chi connectivity index (χ0v) is 20.4. The number of nitrogens with one attached hydrogen (secondary N) is 3. The normalized spacial score (nSPS) is 18.7. The Morgan fingerprint density at radius 1 is 1.16 bits per heavy atom. The van der Waals surface area contributed by atoms with Crippen molar-refractivity contribution in [3.05, 3.63) is 77.6 Å². The van der Waals surface area contributed by atoms with Crippen LogP contribution in [0.1, 0.15) is 29.0 Å². The Morgan fingerprint density at radius 2 is 1.89 bits per heavy atom. The molecule has 0 bridgehead atoms. The molecular weight excluding hydrogens is 513 g/mol. The quantitative estimate of drug-likeness (QED) is 0.320. The van der Waals surface area contributed by atoms with Crippen LogP contribution in [-0.4, -0.2) is 48.7 Å². The second-order valence-corrected chi connectivity index (χ2v) is 10.3. The summed E-state index contributed by atoms with van der Waals surface area (Å²) in [5, 5.41) is 25.8. The maximum absolute atomic E-state index is 12.9. The first-order valence-corrected chi connectivity index (χ1v) is 12.8. The predicted octanol–water partition coefficient (Wildman–Crippen LogP) is 2.86. The van der Waals surface area contributed by atoms with Crippen LogP contribution in [0.15, 0.2) is 69.0 Å². The van der Waals surface area contributed by atoms with Crippen molar-refractivity contribution in [3.8, 4) is 0 Å². The lowest BCUT2D eigenvalue weighted by Gasteiger charge is -2.37. The third kappa shape index (κ3) is 5.98. The highest BCUT2D eigenvalue weighted by molar-refractivity contribution is 7.90. The lowest BCUT2D eigenvalue weighted by Crippen LogP contribution is -2.61. The van der Waals surface area contributed by atoms with E-state index in [4.69, 9.17) is 4.42 Å². The number of halogens is 3. The Hall–Kier alpha value is -3.75. The van der Waals surface area contributed by atoms with Gasteiger partial charge in [0.1, 0.15) is 0 Å². The summed E-state index contributed by atoms with van der Waals surface area (Å²) in [5.41, 5.74) is 1.80. The van der Waals surface area contributed by atoms with Gasteiger partial charge < -0.3 is 20.2 Å². The molecule has 0 saturated carbocycles. The zero-order chi connectivity index (χ0) is 26.8. The molecule has 0 amide bonds. The maximum Gasteiger partial charge on any atom is 0.470 e. The molecule has 0 fully saturated rings. The first-order chi connectivity index (χ1) is 17.4. The Bertz CT molecular complexity index is 1440. The number of hydrogen-bond donors (Lipinski definition) is 4. The molecule has 3 aromatic rings. The van der Waals surface area contributed by atoms with Gasteiger partial charge >= 0.3 is 12.1 Å². The van der Waals surface area contributed by atoms with Crippen LogP contribution in [0.2, 0.25) is 0 Å². The molecule has 4 N–H and O–H groups in total. The highest BCUT2D eigenvalue weighted by Gasteiger charge is 2.39. The van der Waals surface area contributed by atoms with Gasteiger partial charge in [-0.25, -0.2) is 18.7 Å². The van der Waals surface area contributed by atoms with Gasteiger partial charge in [-0.05, 0) is 36.2 Å². The summed E-state index contributed by atoms with van der Waals surface area (Å²) >= 11 is 0.